The normalized spacial score (nSPS) is 15.5. The Kier molecular flexibility index (Phi) is 6.02. The number of rotatable bonds is 4. The van der Waals surface area contributed by atoms with Crippen molar-refractivity contribution in [1.82, 2.24) is 19.3 Å². The van der Waals surface area contributed by atoms with Crippen LogP contribution < -0.4 is 4.90 Å². The van der Waals surface area contributed by atoms with Gasteiger partial charge in [-0.2, -0.15) is 4.31 Å². The van der Waals surface area contributed by atoms with Crippen molar-refractivity contribution in [3.8, 4) is 11.4 Å². The number of nitrogens with zero attached hydrogens (tertiary/aromatic N) is 5. The maximum absolute atomic E-state index is 13.3. The molecule has 0 aliphatic carbocycles. The molecule has 0 unspecified atom stereocenters. The SMILES string of the molecule is CC(C)(C)c1ccc(S(=O)(=O)N2CCN(c3nc(-c4ccncc4)nc4ccccc34)CC2)cc1. The molecule has 0 N–H and O–H groups in total. The highest BCUT2D eigenvalue weighted by molar-refractivity contribution is 7.89. The molecule has 2 aromatic heterocycles. The van der Waals surface area contributed by atoms with Crippen LogP contribution >= 0.6 is 0 Å². The van der Waals surface area contributed by atoms with Gasteiger partial charge < -0.3 is 4.90 Å². The average Bonchev–Trinajstić information content (AvgIpc) is 2.88. The lowest BCUT2D eigenvalue weighted by atomic mass is 9.87. The van der Waals surface area contributed by atoms with Gasteiger partial charge in [-0.05, 0) is 47.4 Å². The number of piperazine rings is 1. The fourth-order valence-electron chi connectivity index (χ4n) is 4.35. The van der Waals surface area contributed by atoms with E-state index in [0.29, 0.717) is 36.9 Å². The highest BCUT2D eigenvalue weighted by Gasteiger charge is 2.30. The molecule has 2 aromatic carbocycles. The Morgan fingerprint density at radius 1 is 0.800 bits per heavy atom. The number of aromatic nitrogens is 3. The van der Waals surface area contributed by atoms with Crippen LogP contribution in [-0.2, 0) is 15.4 Å². The molecule has 0 radical (unpaired) electrons. The van der Waals surface area contributed by atoms with Gasteiger partial charge in [-0.3, -0.25) is 4.98 Å². The van der Waals surface area contributed by atoms with Crippen molar-refractivity contribution in [1.29, 1.82) is 0 Å². The highest BCUT2D eigenvalue weighted by atomic mass is 32.2. The summed E-state index contributed by atoms with van der Waals surface area (Å²) in [6.07, 6.45) is 3.45. The summed E-state index contributed by atoms with van der Waals surface area (Å²) in [6.45, 7) is 8.25. The molecule has 8 heteroatoms. The lowest BCUT2D eigenvalue weighted by molar-refractivity contribution is 0.384. The van der Waals surface area contributed by atoms with Crippen LogP contribution in [0.25, 0.3) is 22.3 Å². The fraction of sp³-hybridized carbons (Fsp3) is 0.296. The van der Waals surface area contributed by atoms with Crippen molar-refractivity contribution in [3.63, 3.8) is 0 Å². The second-order valence-corrected chi connectivity index (χ2v) is 11.7. The number of fused-ring (bicyclic) bond motifs is 1. The lowest BCUT2D eigenvalue weighted by Crippen LogP contribution is -2.49. The summed E-state index contributed by atoms with van der Waals surface area (Å²) in [6, 6.07) is 19.0. The third kappa shape index (κ3) is 4.63. The monoisotopic (exact) mass is 487 g/mol. The van der Waals surface area contributed by atoms with Crippen LogP contribution in [0.15, 0.2) is 78.0 Å². The molecule has 0 saturated carbocycles. The molecule has 0 atom stereocenters. The maximum atomic E-state index is 13.3. The predicted molar refractivity (Wildman–Crippen MR) is 139 cm³/mol. The summed E-state index contributed by atoms with van der Waals surface area (Å²) in [5, 5.41) is 0.958. The Hall–Kier alpha value is -3.36. The van der Waals surface area contributed by atoms with E-state index >= 15 is 0 Å². The number of sulfonamides is 1. The van der Waals surface area contributed by atoms with E-state index in [9.17, 15) is 8.42 Å². The second-order valence-electron chi connectivity index (χ2n) is 9.79. The van der Waals surface area contributed by atoms with Crippen molar-refractivity contribution in [2.24, 2.45) is 0 Å². The minimum Gasteiger partial charge on any atom is -0.353 e. The van der Waals surface area contributed by atoms with Gasteiger partial charge >= 0.3 is 0 Å². The fourth-order valence-corrected chi connectivity index (χ4v) is 5.77. The molecule has 1 fully saturated rings. The van der Waals surface area contributed by atoms with Crippen LogP contribution in [0.3, 0.4) is 0 Å². The van der Waals surface area contributed by atoms with E-state index in [1.54, 1.807) is 28.8 Å². The van der Waals surface area contributed by atoms with E-state index < -0.39 is 10.0 Å². The Bertz CT molecular complexity index is 1440. The molecule has 0 spiro atoms. The van der Waals surface area contributed by atoms with Gasteiger partial charge in [-0.15, -0.1) is 0 Å². The van der Waals surface area contributed by atoms with E-state index in [1.165, 1.54) is 0 Å². The molecule has 5 rings (SSSR count). The number of para-hydroxylation sites is 1. The van der Waals surface area contributed by atoms with E-state index in [4.69, 9.17) is 9.97 Å². The third-order valence-electron chi connectivity index (χ3n) is 6.42. The third-order valence-corrected chi connectivity index (χ3v) is 8.33. The average molecular weight is 488 g/mol. The van der Waals surface area contributed by atoms with Gasteiger partial charge in [0.1, 0.15) is 5.82 Å². The zero-order valence-corrected chi connectivity index (χ0v) is 21.0. The molecular formula is C27H29N5O2S. The maximum Gasteiger partial charge on any atom is 0.243 e. The Morgan fingerprint density at radius 2 is 1.46 bits per heavy atom. The topological polar surface area (TPSA) is 79.3 Å². The summed E-state index contributed by atoms with van der Waals surface area (Å²) in [5.74, 6) is 1.46. The lowest BCUT2D eigenvalue weighted by Gasteiger charge is -2.35. The minimum absolute atomic E-state index is 0.0245. The zero-order chi connectivity index (χ0) is 24.6. The van der Waals surface area contributed by atoms with Gasteiger partial charge in [0.15, 0.2) is 5.82 Å². The van der Waals surface area contributed by atoms with E-state index in [2.05, 4.69) is 30.7 Å². The van der Waals surface area contributed by atoms with E-state index in [1.807, 2.05) is 48.5 Å². The van der Waals surface area contributed by atoms with Gasteiger partial charge in [0.25, 0.3) is 0 Å². The van der Waals surface area contributed by atoms with Crippen LogP contribution in [0.4, 0.5) is 5.82 Å². The van der Waals surface area contributed by atoms with Crippen molar-refractivity contribution >= 4 is 26.7 Å². The van der Waals surface area contributed by atoms with E-state index in [0.717, 1.165) is 27.8 Å². The molecule has 7 nitrogen and oxygen atoms in total. The van der Waals surface area contributed by atoms with Crippen LogP contribution in [0, 0.1) is 0 Å². The van der Waals surface area contributed by atoms with Gasteiger partial charge in [0, 0.05) is 49.5 Å². The van der Waals surface area contributed by atoms with Crippen LogP contribution in [0.2, 0.25) is 0 Å². The number of benzene rings is 2. The summed E-state index contributed by atoms with van der Waals surface area (Å²) >= 11 is 0. The largest absolute Gasteiger partial charge is 0.353 e. The summed E-state index contributed by atoms with van der Waals surface area (Å²) < 4.78 is 28.2. The quantitative estimate of drug-likeness (QED) is 0.422. The Balaban J connectivity index is 1.40. The second kappa shape index (κ2) is 9.02. The molecule has 4 aromatic rings. The van der Waals surface area contributed by atoms with E-state index in [-0.39, 0.29) is 5.41 Å². The number of pyridine rings is 1. The molecule has 1 aliphatic heterocycles. The van der Waals surface area contributed by atoms with Gasteiger partial charge in [0.05, 0.1) is 10.4 Å². The first kappa shape index (κ1) is 23.4. The molecule has 1 saturated heterocycles. The van der Waals surface area contributed by atoms with Gasteiger partial charge in [-0.1, -0.05) is 45.0 Å². The molecule has 0 bridgehead atoms. The smallest absolute Gasteiger partial charge is 0.243 e. The van der Waals surface area contributed by atoms with Crippen molar-refractivity contribution in [3.05, 3.63) is 78.6 Å². The molecule has 3 heterocycles. The first-order valence-electron chi connectivity index (χ1n) is 11.8. The van der Waals surface area contributed by atoms with Gasteiger partial charge in [-0.25, -0.2) is 18.4 Å². The molecule has 180 valence electrons. The predicted octanol–water partition coefficient (Wildman–Crippen LogP) is 4.50. The van der Waals surface area contributed by atoms with Crippen LogP contribution in [0.5, 0.6) is 0 Å². The van der Waals surface area contributed by atoms with Crippen molar-refractivity contribution < 1.29 is 8.42 Å². The first-order chi connectivity index (χ1) is 16.7. The standard InChI is InChI=1S/C27H29N5O2S/c1-27(2,3)21-8-10-22(11-9-21)35(33,34)32-18-16-31(17-19-32)26-23-6-4-5-7-24(23)29-25(30-26)20-12-14-28-15-13-20/h4-15H,16-19H2,1-3H3. The summed E-state index contributed by atoms with van der Waals surface area (Å²) in [5.41, 5.74) is 2.84. The van der Waals surface area contributed by atoms with Crippen molar-refractivity contribution in [2.75, 3.05) is 31.1 Å². The molecule has 0 amide bonds. The number of hydrogen-bond acceptors (Lipinski definition) is 6. The molecule has 1 aliphatic rings. The molecular weight excluding hydrogens is 458 g/mol. The Labute approximate surface area is 206 Å². The van der Waals surface area contributed by atoms with Crippen LogP contribution in [-0.4, -0.2) is 53.9 Å². The molecule has 35 heavy (non-hydrogen) atoms. The summed E-state index contributed by atoms with van der Waals surface area (Å²) in [4.78, 5) is 16.2. The highest BCUT2D eigenvalue weighted by Crippen LogP contribution is 2.29. The first-order valence-corrected chi connectivity index (χ1v) is 13.2. The van der Waals surface area contributed by atoms with Crippen molar-refractivity contribution in [2.45, 2.75) is 31.1 Å². The Morgan fingerprint density at radius 3 is 2.11 bits per heavy atom. The summed E-state index contributed by atoms with van der Waals surface area (Å²) in [7, 11) is -3.56. The van der Waals surface area contributed by atoms with Crippen LogP contribution in [0.1, 0.15) is 26.3 Å². The number of anilines is 1. The zero-order valence-electron chi connectivity index (χ0n) is 20.2. The minimum atomic E-state index is -3.56. The van der Waals surface area contributed by atoms with Gasteiger partial charge in [0.2, 0.25) is 10.0 Å². The number of hydrogen-bond donors (Lipinski definition) is 0.